The minimum Gasteiger partial charge on any atom is -0.493 e. The van der Waals surface area contributed by atoms with E-state index in [1.807, 2.05) is 4.90 Å². The number of carbonyl (C=O) groups excluding carboxylic acids is 2. The molecule has 0 spiro atoms. The SMILES string of the molecule is CCOc1cc(C(=O)Nc2cc(C(C)(F)F)ccn2)cc(F)c1-c1nc([C@@H]2CC[C@@H]3N(C2)C(=O)CC3(C)C)n2ccnc(N)c12. The predicted octanol–water partition coefficient (Wildman–Crippen LogP) is 5.78. The monoisotopic (exact) mass is 621 g/mol. The first kappa shape index (κ1) is 30.4. The standard InChI is InChI=1S/C32H34F3N7O3/c1-5-45-21-13-18(30(44)39-23-14-19(8-9-37-23)32(4,34)35)12-20(33)25(21)26-27-28(36)38-10-11-41(27)29(40-26)17-6-7-22-31(2,3)15-24(43)42(22)16-17/h8-14,17,22H,5-7,15-16H2,1-4H3,(H2,36,38)(H,37,39,44)/t17-,22+/m1/s1. The maximum absolute atomic E-state index is 16.1. The number of ether oxygens (including phenoxy) is 1. The number of rotatable bonds is 7. The molecule has 0 bridgehead atoms. The number of fused-ring (bicyclic) bond motifs is 2. The number of piperidine rings is 1. The van der Waals surface area contributed by atoms with E-state index in [9.17, 15) is 18.4 Å². The normalized spacial score (nSPS) is 19.5. The largest absolute Gasteiger partial charge is 0.493 e. The first-order valence-corrected chi connectivity index (χ1v) is 14.8. The molecule has 236 valence electrons. The molecule has 0 saturated carbocycles. The van der Waals surface area contributed by atoms with Crippen LogP contribution >= 0.6 is 0 Å². The van der Waals surface area contributed by atoms with E-state index in [1.54, 1.807) is 17.5 Å². The summed E-state index contributed by atoms with van der Waals surface area (Å²) in [5, 5.41) is 2.45. The number of imidazole rings is 1. The van der Waals surface area contributed by atoms with Crippen LogP contribution in [-0.4, -0.2) is 55.3 Å². The Labute approximate surface area is 257 Å². The summed E-state index contributed by atoms with van der Waals surface area (Å²) in [5.74, 6) is -4.06. The Hall–Kier alpha value is -4.68. The number of nitrogen functional groups attached to an aromatic ring is 1. The van der Waals surface area contributed by atoms with E-state index in [0.717, 1.165) is 44.2 Å². The smallest absolute Gasteiger partial charge is 0.270 e. The van der Waals surface area contributed by atoms with Gasteiger partial charge in [-0.05, 0) is 49.4 Å². The molecule has 2 saturated heterocycles. The van der Waals surface area contributed by atoms with Gasteiger partial charge in [-0.3, -0.25) is 14.0 Å². The van der Waals surface area contributed by atoms with Crippen molar-refractivity contribution in [2.45, 2.75) is 64.8 Å². The molecular formula is C32H34F3N7O3. The van der Waals surface area contributed by atoms with Gasteiger partial charge in [0.2, 0.25) is 5.91 Å². The van der Waals surface area contributed by atoms with Gasteiger partial charge in [0, 0.05) is 61.6 Å². The summed E-state index contributed by atoms with van der Waals surface area (Å²) in [7, 11) is 0. The van der Waals surface area contributed by atoms with Gasteiger partial charge in [-0.25, -0.2) is 28.1 Å². The van der Waals surface area contributed by atoms with Gasteiger partial charge in [0.15, 0.2) is 0 Å². The third-order valence-corrected chi connectivity index (χ3v) is 8.75. The van der Waals surface area contributed by atoms with Gasteiger partial charge in [-0.2, -0.15) is 0 Å². The molecule has 3 N–H and O–H groups in total. The molecule has 4 aromatic rings. The summed E-state index contributed by atoms with van der Waals surface area (Å²) in [5.41, 5.74) is 6.35. The van der Waals surface area contributed by atoms with Crippen LogP contribution in [0.2, 0.25) is 0 Å². The highest BCUT2D eigenvalue weighted by atomic mass is 19.3. The second-order valence-corrected chi connectivity index (χ2v) is 12.4. The van der Waals surface area contributed by atoms with Crippen molar-refractivity contribution < 1.29 is 27.5 Å². The Kier molecular flexibility index (Phi) is 7.45. The lowest BCUT2D eigenvalue weighted by Gasteiger charge is -2.39. The van der Waals surface area contributed by atoms with E-state index < -0.39 is 17.6 Å². The van der Waals surface area contributed by atoms with Gasteiger partial charge >= 0.3 is 0 Å². The van der Waals surface area contributed by atoms with Gasteiger partial charge in [-0.15, -0.1) is 0 Å². The Morgan fingerprint density at radius 1 is 1.20 bits per heavy atom. The average Bonchev–Trinajstić information content (AvgIpc) is 3.47. The zero-order valence-electron chi connectivity index (χ0n) is 25.4. The lowest BCUT2D eigenvalue weighted by Crippen LogP contribution is -2.44. The highest BCUT2D eigenvalue weighted by Crippen LogP contribution is 2.46. The molecular weight excluding hydrogens is 587 g/mol. The molecule has 2 fully saturated rings. The second kappa shape index (κ2) is 11.0. The molecule has 2 aliphatic heterocycles. The lowest BCUT2D eigenvalue weighted by atomic mass is 9.79. The van der Waals surface area contributed by atoms with Gasteiger partial charge in [0.1, 0.15) is 40.2 Å². The van der Waals surface area contributed by atoms with Gasteiger partial charge in [-0.1, -0.05) is 13.8 Å². The number of benzene rings is 1. The summed E-state index contributed by atoms with van der Waals surface area (Å²) < 4.78 is 51.3. The number of hydrogen-bond donors (Lipinski definition) is 2. The number of alkyl halides is 2. The molecule has 0 unspecified atom stereocenters. The quantitative estimate of drug-likeness (QED) is 0.268. The summed E-state index contributed by atoms with van der Waals surface area (Å²) in [4.78, 5) is 41.0. The Morgan fingerprint density at radius 3 is 2.71 bits per heavy atom. The van der Waals surface area contributed by atoms with Crippen molar-refractivity contribution in [2.24, 2.45) is 5.41 Å². The van der Waals surface area contributed by atoms with Crippen molar-refractivity contribution in [1.29, 1.82) is 0 Å². The minimum atomic E-state index is -3.14. The topological polar surface area (TPSA) is 128 Å². The maximum Gasteiger partial charge on any atom is 0.270 e. The number of nitrogens with two attached hydrogens (primary N) is 1. The van der Waals surface area contributed by atoms with E-state index in [0.29, 0.717) is 24.3 Å². The van der Waals surface area contributed by atoms with Crippen molar-refractivity contribution in [2.75, 3.05) is 24.2 Å². The predicted molar refractivity (Wildman–Crippen MR) is 162 cm³/mol. The molecule has 3 aromatic heterocycles. The summed E-state index contributed by atoms with van der Waals surface area (Å²) in [6.07, 6.45) is 6.48. The number of anilines is 2. The van der Waals surface area contributed by atoms with Crippen LogP contribution in [0.5, 0.6) is 5.75 Å². The van der Waals surface area contributed by atoms with Crippen LogP contribution in [0.15, 0.2) is 42.9 Å². The zero-order chi connectivity index (χ0) is 32.3. The van der Waals surface area contributed by atoms with Crippen LogP contribution in [0.25, 0.3) is 16.8 Å². The highest BCUT2D eigenvalue weighted by molar-refractivity contribution is 6.05. The molecule has 6 rings (SSSR count). The van der Waals surface area contributed by atoms with E-state index in [2.05, 4.69) is 29.1 Å². The van der Waals surface area contributed by atoms with E-state index in [4.69, 9.17) is 15.5 Å². The van der Waals surface area contributed by atoms with Crippen LogP contribution in [0.1, 0.15) is 74.6 Å². The number of halogens is 3. The fourth-order valence-corrected chi connectivity index (χ4v) is 6.60. The molecule has 10 nitrogen and oxygen atoms in total. The van der Waals surface area contributed by atoms with Crippen LogP contribution in [0.3, 0.4) is 0 Å². The number of hydrogen-bond acceptors (Lipinski definition) is 7. The second-order valence-electron chi connectivity index (χ2n) is 12.4. The number of amides is 2. The summed E-state index contributed by atoms with van der Waals surface area (Å²) >= 11 is 0. The fourth-order valence-electron chi connectivity index (χ4n) is 6.60. The van der Waals surface area contributed by atoms with E-state index >= 15 is 4.39 Å². The Bertz CT molecular complexity index is 1820. The van der Waals surface area contributed by atoms with Crippen molar-refractivity contribution >= 4 is 29.0 Å². The van der Waals surface area contributed by atoms with E-state index in [-0.39, 0.29) is 69.7 Å². The Morgan fingerprint density at radius 2 is 1.98 bits per heavy atom. The molecule has 0 radical (unpaired) electrons. The van der Waals surface area contributed by atoms with Crippen LogP contribution in [-0.2, 0) is 10.7 Å². The number of aromatic nitrogens is 4. The van der Waals surface area contributed by atoms with Crippen LogP contribution in [0, 0.1) is 11.2 Å². The molecule has 2 amide bonds. The third kappa shape index (κ3) is 5.44. The number of pyridine rings is 1. The van der Waals surface area contributed by atoms with Crippen molar-refractivity contribution in [3.05, 3.63) is 65.6 Å². The molecule has 45 heavy (non-hydrogen) atoms. The third-order valence-electron chi connectivity index (χ3n) is 8.75. The van der Waals surface area contributed by atoms with Crippen LogP contribution in [0.4, 0.5) is 24.8 Å². The first-order valence-electron chi connectivity index (χ1n) is 14.8. The average molecular weight is 622 g/mol. The first-order chi connectivity index (χ1) is 21.3. The number of nitrogens with one attached hydrogen (secondary N) is 1. The van der Waals surface area contributed by atoms with Crippen molar-refractivity contribution in [3.63, 3.8) is 0 Å². The molecule has 13 heteroatoms. The van der Waals surface area contributed by atoms with Crippen LogP contribution < -0.4 is 15.8 Å². The Balaban J connectivity index is 1.39. The minimum absolute atomic E-state index is 0.00494. The summed E-state index contributed by atoms with van der Waals surface area (Å²) in [6.45, 7) is 7.31. The summed E-state index contributed by atoms with van der Waals surface area (Å²) in [6, 6.07) is 4.75. The van der Waals surface area contributed by atoms with Gasteiger partial charge in [0.05, 0.1) is 12.2 Å². The maximum atomic E-state index is 16.1. The van der Waals surface area contributed by atoms with Crippen molar-refractivity contribution in [3.8, 4) is 17.0 Å². The van der Waals surface area contributed by atoms with Crippen molar-refractivity contribution in [1.82, 2.24) is 24.3 Å². The molecule has 5 heterocycles. The molecule has 0 aliphatic carbocycles. The molecule has 2 aliphatic rings. The van der Waals surface area contributed by atoms with Gasteiger partial charge < -0.3 is 20.7 Å². The zero-order valence-corrected chi connectivity index (χ0v) is 25.4. The fraction of sp³-hybridized carbons (Fsp3) is 0.406. The number of nitrogens with zero attached hydrogens (tertiary/aromatic N) is 5. The van der Waals surface area contributed by atoms with E-state index in [1.165, 1.54) is 12.3 Å². The highest BCUT2D eigenvalue weighted by Gasteiger charge is 2.48. The molecule has 2 atom stereocenters. The number of carbonyl (C=O) groups is 2. The molecule has 1 aromatic carbocycles. The van der Waals surface area contributed by atoms with Gasteiger partial charge in [0.25, 0.3) is 11.8 Å². The lowest BCUT2D eigenvalue weighted by molar-refractivity contribution is -0.130.